The molecule has 2 rings (SSSR count). The first-order valence-electron chi connectivity index (χ1n) is 6.06. The van der Waals surface area contributed by atoms with Crippen molar-refractivity contribution in [3.05, 3.63) is 29.8 Å². The SMILES string of the molecule is COc1cccc(CSCC2(CC(=O)O)CC2)c1. The molecule has 0 amide bonds. The molecule has 0 heterocycles. The van der Waals surface area contributed by atoms with E-state index < -0.39 is 5.97 Å². The highest BCUT2D eigenvalue weighted by molar-refractivity contribution is 7.98. The molecule has 18 heavy (non-hydrogen) atoms. The van der Waals surface area contributed by atoms with Gasteiger partial charge in [0.15, 0.2) is 0 Å². The minimum atomic E-state index is -0.672. The van der Waals surface area contributed by atoms with Crippen LogP contribution in [0.15, 0.2) is 24.3 Å². The van der Waals surface area contributed by atoms with Gasteiger partial charge in [-0.3, -0.25) is 4.79 Å². The molecular weight excluding hydrogens is 248 g/mol. The van der Waals surface area contributed by atoms with Gasteiger partial charge in [0.1, 0.15) is 5.75 Å². The van der Waals surface area contributed by atoms with Gasteiger partial charge in [0.2, 0.25) is 0 Å². The Bertz CT molecular complexity index is 427. The molecule has 0 bridgehead atoms. The Kier molecular flexibility index (Phi) is 4.17. The normalized spacial score (nSPS) is 16.3. The quantitative estimate of drug-likeness (QED) is 0.823. The molecule has 1 aromatic rings. The van der Waals surface area contributed by atoms with E-state index in [2.05, 4.69) is 6.07 Å². The summed E-state index contributed by atoms with van der Waals surface area (Å²) in [7, 11) is 1.66. The summed E-state index contributed by atoms with van der Waals surface area (Å²) in [5, 5.41) is 8.85. The molecule has 1 N–H and O–H groups in total. The number of thioether (sulfide) groups is 1. The van der Waals surface area contributed by atoms with Crippen molar-refractivity contribution in [3.63, 3.8) is 0 Å². The van der Waals surface area contributed by atoms with E-state index in [0.29, 0.717) is 6.42 Å². The molecule has 0 radical (unpaired) electrons. The first kappa shape index (κ1) is 13.3. The average molecular weight is 266 g/mol. The second-order valence-corrected chi connectivity index (χ2v) is 5.90. The molecular formula is C14H18O3S. The average Bonchev–Trinajstić information content (AvgIpc) is 3.08. The van der Waals surface area contributed by atoms with Crippen LogP contribution in [0.5, 0.6) is 5.75 Å². The molecule has 0 saturated heterocycles. The third-order valence-corrected chi connectivity index (χ3v) is 4.65. The van der Waals surface area contributed by atoms with Gasteiger partial charge in [0.25, 0.3) is 0 Å². The van der Waals surface area contributed by atoms with Crippen molar-refractivity contribution in [3.8, 4) is 5.75 Å². The van der Waals surface area contributed by atoms with Crippen molar-refractivity contribution in [2.24, 2.45) is 5.41 Å². The van der Waals surface area contributed by atoms with Gasteiger partial charge in [-0.25, -0.2) is 0 Å². The molecule has 1 saturated carbocycles. The van der Waals surface area contributed by atoms with Gasteiger partial charge in [-0.05, 0) is 41.7 Å². The Morgan fingerprint density at radius 3 is 2.89 bits per heavy atom. The molecule has 0 aromatic heterocycles. The number of carboxylic acids is 1. The number of aliphatic carboxylic acids is 1. The molecule has 0 atom stereocenters. The third kappa shape index (κ3) is 3.67. The van der Waals surface area contributed by atoms with Crippen LogP contribution in [0.2, 0.25) is 0 Å². The van der Waals surface area contributed by atoms with Crippen LogP contribution in [0.1, 0.15) is 24.8 Å². The summed E-state index contributed by atoms with van der Waals surface area (Å²) in [6, 6.07) is 8.02. The molecule has 0 unspecified atom stereocenters. The van der Waals surface area contributed by atoms with Crippen LogP contribution in [0.3, 0.4) is 0 Å². The van der Waals surface area contributed by atoms with E-state index in [4.69, 9.17) is 9.84 Å². The molecule has 0 aliphatic heterocycles. The van der Waals surface area contributed by atoms with Crippen molar-refractivity contribution in [1.82, 2.24) is 0 Å². The number of rotatable bonds is 7. The summed E-state index contributed by atoms with van der Waals surface area (Å²) in [6.45, 7) is 0. The minimum absolute atomic E-state index is 0.0787. The van der Waals surface area contributed by atoms with Crippen LogP contribution in [-0.2, 0) is 10.5 Å². The molecule has 0 spiro atoms. The van der Waals surface area contributed by atoms with E-state index in [1.54, 1.807) is 7.11 Å². The summed E-state index contributed by atoms with van der Waals surface area (Å²) in [5.41, 5.74) is 1.31. The lowest BCUT2D eigenvalue weighted by molar-refractivity contribution is -0.138. The van der Waals surface area contributed by atoms with E-state index in [0.717, 1.165) is 30.1 Å². The van der Waals surface area contributed by atoms with E-state index >= 15 is 0 Å². The number of ether oxygens (including phenoxy) is 1. The van der Waals surface area contributed by atoms with Crippen LogP contribution in [0.4, 0.5) is 0 Å². The Labute approximate surface area is 112 Å². The molecule has 1 aliphatic carbocycles. The summed E-state index contributed by atoms with van der Waals surface area (Å²) in [5.74, 6) is 2.06. The number of benzene rings is 1. The maximum absolute atomic E-state index is 10.7. The Hall–Kier alpha value is -1.16. The fourth-order valence-corrected chi connectivity index (χ4v) is 3.36. The zero-order valence-corrected chi connectivity index (χ0v) is 11.3. The van der Waals surface area contributed by atoms with Gasteiger partial charge in [0, 0.05) is 5.75 Å². The molecule has 98 valence electrons. The summed E-state index contributed by atoms with van der Waals surface area (Å²) in [6.07, 6.45) is 2.44. The zero-order chi connectivity index (χ0) is 13.0. The van der Waals surface area contributed by atoms with E-state index in [1.165, 1.54) is 5.56 Å². The van der Waals surface area contributed by atoms with E-state index in [9.17, 15) is 4.79 Å². The second kappa shape index (κ2) is 5.65. The molecule has 4 heteroatoms. The maximum atomic E-state index is 10.7. The monoisotopic (exact) mass is 266 g/mol. The van der Waals surface area contributed by atoms with Crippen molar-refractivity contribution in [2.75, 3.05) is 12.9 Å². The standard InChI is InChI=1S/C14H18O3S/c1-17-12-4-2-3-11(7-12)9-18-10-14(5-6-14)8-13(15)16/h2-4,7H,5-6,8-10H2,1H3,(H,15,16). The number of carboxylic acid groups (broad SMARTS) is 1. The summed E-state index contributed by atoms with van der Waals surface area (Å²) < 4.78 is 5.18. The maximum Gasteiger partial charge on any atom is 0.303 e. The van der Waals surface area contributed by atoms with Gasteiger partial charge in [-0.15, -0.1) is 0 Å². The number of methoxy groups -OCH3 is 1. The van der Waals surface area contributed by atoms with Crippen LogP contribution < -0.4 is 4.74 Å². The van der Waals surface area contributed by atoms with Gasteiger partial charge in [-0.1, -0.05) is 12.1 Å². The Morgan fingerprint density at radius 1 is 1.50 bits per heavy atom. The highest BCUT2D eigenvalue weighted by atomic mass is 32.2. The minimum Gasteiger partial charge on any atom is -0.497 e. The van der Waals surface area contributed by atoms with Gasteiger partial charge >= 0.3 is 5.97 Å². The molecule has 3 nitrogen and oxygen atoms in total. The third-order valence-electron chi connectivity index (χ3n) is 3.29. The molecule has 1 aliphatic rings. The topological polar surface area (TPSA) is 46.5 Å². The number of hydrogen-bond donors (Lipinski definition) is 1. The highest BCUT2D eigenvalue weighted by Gasteiger charge is 2.43. The van der Waals surface area contributed by atoms with Gasteiger partial charge in [-0.2, -0.15) is 11.8 Å². The van der Waals surface area contributed by atoms with Crippen LogP contribution >= 0.6 is 11.8 Å². The highest BCUT2D eigenvalue weighted by Crippen LogP contribution is 2.51. The summed E-state index contributed by atoms with van der Waals surface area (Å²) >= 11 is 1.82. The first-order chi connectivity index (χ1) is 8.63. The Balaban J connectivity index is 1.80. The van der Waals surface area contributed by atoms with Crippen LogP contribution in [0, 0.1) is 5.41 Å². The smallest absolute Gasteiger partial charge is 0.303 e. The largest absolute Gasteiger partial charge is 0.497 e. The van der Waals surface area contributed by atoms with Crippen molar-refractivity contribution >= 4 is 17.7 Å². The summed E-state index contributed by atoms with van der Waals surface area (Å²) in [4.78, 5) is 10.7. The molecule has 1 fully saturated rings. The van der Waals surface area contributed by atoms with Gasteiger partial charge < -0.3 is 9.84 Å². The van der Waals surface area contributed by atoms with Crippen LogP contribution in [0.25, 0.3) is 0 Å². The van der Waals surface area contributed by atoms with Crippen molar-refractivity contribution < 1.29 is 14.6 Å². The van der Waals surface area contributed by atoms with E-state index in [-0.39, 0.29) is 5.41 Å². The number of hydrogen-bond acceptors (Lipinski definition) is 3. The van der Waals surface area contributed by atoms with Gasteiger partial charge in [0.05, 0.1) is 13.5 Å². The second-order valence-electron chi connectivity index (χ2n) is 4.91. The fourth-order valence-electron chi connectivity index (χ4n) is 2.02. The van der Waals surface area contributed by atoms with Crippen molar-refractivity contribution in [2.45, 2.75) is 25.0 Å². The fraction of sp³-hybridized carbons (Fsp3) is 0.500. The lowest BCUT2D eigenvalue weighted by atomic mass is 10.1. The molecule has 1 aromatic carbocycles. The van der Waals surface area contributed by atoms with Crippen LogP contribution in [-0.4, -0.2) is 23.9 Å². The lowest BCUT2D eigenvalue weighted by Gasteiger charge is -2.11. The zero-order valence-electron chi connectivity index (χ0n) is 10.5. The Morgan fingerprint density at radius 2 is 2.28 bits per heavy atom. The van der Waals surface area contributed by atoms with Crippen molar-refractivity contribution in [1.29, 1.82) is 0 Å². The first-order valence-corrected chi connectivity index (χ1v) is 7.21. The predicted molar refractivity (Wildman–Crippen MR) is 73.1 cm³/mol. The number of carbonyl (C=O) groups is 1. The lowest BCUT2D eigenvalue weighted by Crippen LogP contribution is -2.11. The predicted octanol–water partition coefficient (Wildman–Crippen LogP) is 3.18. The van der Waals surface area contributed by atoms with E-state index in [1.807, 2.05) is 30.0 Å².